The van der Waals surface area contributed by atoms with Crippen LogP contribution in [0, 0.1) is 0 Å². The minimum atomic E-state index is 0.392. The summed E-state index contributed by atoms with van der Waals surface area (Å²) < 4.78 is 0.736. The molecular formula is C11H8BrCl2N3. The van der Waals surface area contributed by atoms with Crippen molar-refractivity contribution in [3.05, 3.63) is 38.7 Å². The normalized spacial score (nSPS) is 10.6. The number of aryl methyl sites for hydroxylation is 1. The minimum Gasteiger partial charge on any atom is -0.251 e. The topological polar surface area (TPSA) is 38.7 Å². The fraction of sp³-hybridized carbons (Fsp3) is 0.182. The highest BCUT2D eigenvalue weighted by atomic mass is 79.9. The SMILES string of the molecule is CCc1nc(-c2ccc(Cl)cn2)nc(Cl)c1Br. The third-order valence-corrected chi connectivity index (χ3v) is 3.73. The Balaban J connectivity index is 2.52. The Labute approximate surface area is 117 Å². The van der Waals surface area contributed by atoms with Crippen molar-refractivity contribution in [3.8, 4) is 11.5 Å². The molecule has 0 spiro atoms. The maximum atomic E-state index is 6.03. The van der Waals surface area contributed by atoms with Gasteiger partial charge in [0.25, 0.3) is 0 Å². The van der Waals surface area contributed by atoms with Gasteiger partial charge >= 0.3 is 0 Å². The predicted molar refractivity (Wildman–Crippen MR) is 72.4 cm³/mol. The summed E-state index contributed by atoms with van der Waals surface area (Å²) in [7, 11) is 0. The molecule has 0 fully saturated rings. The van der Waals surface area contributed by atoms with E-state index in [4.69, 9.17) is 23.2 Å². The molecule has 0 unspecified atom stereocenters. The van der Waals surface area contributed by atoms with E-state index in [1.807, 2.05) is 6.92 Å². The van der Waals surface area contributed by atoms with E-state index in [0.29, 0.717) is 21.7 Å². The van der Waals surface area contributed by atoms with E-state index >= 15 is 0 Å². The molecule has 0 aliphatic carbocycles. The summed E-state index contributed by atoms with van der Waals surface area (Å²) in [5.74, 6) is 0.506. The fourth-order valence-electron chi connectivity index (χ4n) is 1.32. The highest BCUT2D eigenvalue weighted by molar-refractivity contribution is 9.10. The highest BCUT2D eigenvalue weighted by Gasteiger charge is 2.11. The maximum absolute atomic E-state index is 6.03. The van der Waals surface area contributed by atoms with Crippen LogP contribution in [0.1, 0.15) is 12.6 Å². The first-order valence-electron chi connectivity index (χ1n) is 4.95. The number of pyridine rings is 1. The molecule has 0 N–H and O–H groups in total. The average molecular weight is 333 g/mol. The van der Waals surface area contributed by atoms with Crippen LogP contribution in [-0.2, 0) is 6.42 Å². The zero-order chi connectivity index (χ0) is 12.4. The predicted octanol–water partition coefficient (Wildman–Crippen LogP) is 4.17. The lowest BCUT2D eigenvalue weighted by Crippen LogP contribution is -1.98. The van der Waals surface area contributed by atoms with Crippen molar-refractivity contribution in [1.29, 1.82) is 0 Å². The van der Waals surface area contributed by atoms with Crippen LogP contribution in [0.25, 0.3) is 11.5 Å². The molecule has 0 atom stereocenters. The zero-order valence-electron chi connectivity index (χ0n) is 8.91. The maximum Gasteiger partial charge on any atom is 0.179 e. The van der Waals surface area contributed by atoms with E-state index in [2.05, 4.69) is 30.9 Å². The molecule has 3 nitrogen and oxygen atoms in total. The summed E-state index contributed by atoms with van der Waals surface area (Å²) in [5, 5.41) is 0.969. The molecular weight excluding hydrogens is 325 g/mol. The van der Waals surface area contributed by atoms with E-state index in [9.17, 15) is 0 Å². The van der Waals surface area contributed by atoms with Gasteiger partial charge in [0.05, 0.1) is 15.2 Å². The highest BCUT2D eigenvalue weighted by Crippen LogP contribution is 2.26. The standard InChI is InChI=1S/C11H8BrCl2N3/c1-2-7-9(12)10(14)17-11(16-7)8-4-3-6(13)5-15-8/h3-5H,2H2,1H3. The summed E-state index contributed by atoms with van der Waals surface area (Å²) in [6.45, 7) is 2.00. The van der Waals surface area contributed by atoms with Gasteiger partial charge in [0, 0.05) is 6.20 Å². The van der Waals surface area contributed by atoms with Gasteiger partial charge in [-0.15, -0.1) is 0 Å². The molecule has 88 valence electrons. The minimum absolute atomic E-state index is 0.392. The smallest absolute Gasteiger partial charge is 0.179 e. The van der Waals surface area contributed by atoms with Gasteiger partial charge in [-0.05, 0) is 34.5 Å². The van der Waals surface area contributed by atoms with E-state index < -0.39 is 0 Å². The second-order valence-electron chi connectivity index (χ2n) is 3.31. The summed E-state index contributed by atoms with van der Waals surface area (Å²) in [6, 6.07) is 3.51. The van der Waals surface area contributed by atoms with Crippen LogP contribution in [-0.4, -0.2) is 15.0 Å². The molecule has 0 bridgehead atoms. The first-order chi connectivity index (χ1) is 8.11. The Kier molecular flexibility index (Phi) is 3.97. The van der Waals surface area contributed by atoms with Crippen molar-refractivity contribution >= 4 is 39.1 Å². The molecule has 0 radical (unpaired) electrons. The molecule has 0 aliphatic heterocycles. The summed E-state index contributed by atoms with van der Waals surface area (Å²) in [4.78, 5) is 12.8. The Morgan fingerprint density at radius 2 is 2.00 bits per heavy atom. The van der Waals surface area contributed by atoms with Gasteiger partial charge in [-0.3, -0.25) is 4.98 Å². The molecule has 2 aromatic rings. The Bertz CT molecular complexity index is 543. The average Bonchev–Trinajstić information content (AvgIpc) is 2.33. The molecule has 0 aliphatic rings. The molecule has 2 rings (SSSR count). The largest absolute Gasteiger partial charge is 0.251 e. The molecule has 17 heavy (non-hydrogen) atoms. The first kappa shape index (κ1) is 12.7. The molecule has 0 amide bonds. The fourth-order valence-corrected chi connectivity index (χ4v) is 2.08. The molecule has 6 heteroatoms. The van der Waals surface area contributed by atoms with Gasteiger partial charge in [0.1, 0.15) is 10.8 Å². The van der Waals surface area contributed by atoms with E-state index in [1.165, 1.54) is 0 Å². The van der Waals surface area contributed by atoms with Crippen molar-refractivity contribution in [3.63, 3.8) is 0 Å². The van der Waals surface area contributed by atoms with Gasteiger partial charge in [-0.1, -0.05) is 30.1 Å². The molecule has 0 saturated carbocycles. The van der Waals surface area contributed by atoms with E-state index in [0.717, 1.165) is 16.6 Å². The summed E-state index contributed by atoms with van der Waals surface area (Å²) in [6.07, 6.45) is 2.32. The Morgan fingerprint density at radius 1 is 1.24 bits per heavy atom. The van der Waals surface area contributed by atoms with E-state index in [1.54, 1.807) is 18.3 Å². The number of halogens is 3. The van der Waals surface area contributed by atoms with Gasteiger partial charge in [0.15, 0.2) is 5.82 Å². The summed E-state index contributed by atoms with van der Waals surface area (Å²) >= 11 is 15.2. The number of hydrogen-bond acceptors (Lipinski definition) is 3. The third-order valence-electron chi connectivity index (χ3n) is 2.17. The van der Waals surface area contributed by atoms with Crippen molar-refractivity contribution in [2.45, 2.75) is 13.3 Å². The van der Waals surface area contributed by atoms with Crippen LogP contribution in [0.15, 0.2) is 22.8 Å². The van der Waals surface area contributed by atoms with Crippen LogP contribution < -0.4 is 0 Å². The number of rotatable bonds is 2. The van der Waals surface area contributed by atoms with Crippen molar-refractivity contribution in [1.82, 2.24) is 15.0 Å². The number of nitrogens with zero attached hydrogens (tertiary/aromatic N) is 3. The Morgan fingerprint density at radius 3 is 2.59 bits per heavy atom. The second kappa shape index (κ2) is 5.29. The molecule has 2 heterocycles. The van der Waals surface area contributed by atoms with Gasteiger partial charge in [0.2, 0.25) is 0 Å². The summed E-state index contributed by atoms with van der Waals surface area (Å²) in [5.41, 5.74) is 1.51. The van der Waals surface area contributed by atoms with E-state index in [-0.39, 0.29) is 0 Å². The van der Waals surface area contributed by atoms with Gasteiger partial charge in [-0.2, -0.15) is 0 Å². The quantitative estimate of drug-likeness (QED) is 0.775. The Hall–Kier alpha value is -0.710. The molecule has 0 aromatic carbocycles. The second-order valence-corrected chi connectivity index (χ2v) is 4.90. The van der Waals surface area contributed by atoms with Crippen molar-refractivity contribution < 1.29 is 0 Å². The van der Waals surface area contributed by atoms with Gasteiger partial charge in [-0.25, -0.2) is 9.97 Å². The number of hydrogen-bond donors (Lipinski definition) is 0. The lowest BCUT2D eigenvalue weighted by atomic mass is 10.3. The molecule has 2 aromatic heterocycles. The van der Waals surface area contributed by atoms with Crippen LogP contribution in [0.5, 0.6) is 0 Å². The lowest BCUT2D eigenvalue weighted by Gasteiger charge is -2.06. The van der Waals surface area contributed by atoms with Crippen molar-refractivity contribution in [2.75, 3.05) is 0 Å². The monoisotopic (exact) mass is 331 g/mol. The first-order valence-corrected chi connectivity index (χ1v) is 6.50. The van der Waals surface area contributed by atoms with Crippen LogP contribution in [0.2, 0.25) is 10.2 Å². The lowest BCUT2D eigenvalue weighted by molar-refractivity contribution is 0.984. The van der Waals surface area contributed by atoms with Crippen molar-refractivity contribution in [2.24, 2.45) is 0 Å². The van der Waals surface area contributed by atoms with Gasteiger partial charge < -0.3 is 0 Å². The third kappa shape index (κ3) is 2.76. The number of aromatic nitrogens is 3. The van der Waals surface area contributed by atoms with Crippen LogP contribution in [0.3, 0.4) is 0 Å². The van der Waals surface area contributed by atoms with Crippen LogP contribution in [0.4, 0.5) is 0 Å². The zero-order valence-corrected chi connectivity index (χ0v) is 12.0. The molecule has 0 saturated heterocycles. The van der Waals surface area contributed by atoms with Crippen LogP contribution >= 0.6 is 39.1 Å².